The Labute approximate surface area is 195 Å². The van der Waals surface area contributed by atoms with Crippen LogP contribution in [0.5, 0.6) is 11.5 Å². The van der Waals surface area contributed by atoms with Gasteiger partial charge in [0.25, 0.3) is 5.91 Å². The Morgan fingerprint density at radius 1 is 1.09 bits per heavy atom. The molecule has 0 aromatic heterocycles. The van der Waals surface area contributed by atoms with Crippen molar-refractivity contribution >= 4 is 23.4 Å². The Hall–Kier alpha value is -2.57. The van der Waals surface area contributed by atoms with Gasteiger partial charge in [-0.25, -0.2) is 0 Å². The molecule has 3 rings (SSSR count). The van der Waals surface area contributed by atoms with Crippen LogP contribution in [0.3, 0.4) is 0 Å². The van der Waals surface area contributed by atoms with Crippen LogP contribution in [0.4, 0.5) is 0 Å². The molecule has 2 aromatic rings. The van der Waals surface area contributed by atoms with Gasteiger partial charge in [0.15, 0.2) is 0 Å². The molecule has 1 heterocycles. The summed E-state index contributed by atoms with van der Waals surface area (Å²) in [5, 5.41) is 9.90. The van der Waals surface area contributed by atoms with Crippen molar-refractivity contribution in [2.24, 2.45) is 0 Å². The van der Waals surface area contributed by atoms with Crippen LogP contribution in [0.25, 0.3) is 0 Å². The largest absolute Gasteiger partial charge is 0.456 e. The Morgan fingerprint density at radius 3 is 2.41 bits per heavy atom. The number of ether oxygens (including phenoxy) is 1. The molecule has 3 N–H and O–H groups in total. The van der Waals surface area contributed by atoms with E-state index in [1.54, 1.807) is 18.2 Å². The third-order valence-electron chi connectivity index (χ3n) is 5.39. The zero-order chi connectivity index (χ0) is 23.5. The summed E-state index contributed by atoms with van der Waals surface area (Å²) in [6.45, 7) is 10.5. The highest BCUT2D eigenvalue weighted by Gasteiger charge is 2.38. The molecule has 0 radical (unpaired) electrons. The minimum Gasteiger partial charge on any atom is -0.456 e. The molecule has 0 saturated carbocycles. The number of rotatable bonds is 6. The lowest BCUT2D eigenvalue weighted by atomic mass is 9.79. The van der Waals surface area contributed by atoms with Gasteiger partial charge in [-0.05, 0) is 76.4 Å². The van der Waals surface area contributed by atoms with Crippen LogP contribution < -0.4 is 20.7 Å². The number of hydrogen-bond acceptors (Lipinski definition) is 4. The molecule has 1 aliphatic heterocycles. The van der Waals surface area contributed by atoms with Crippen LogP contribution in [0.15, 0.2) is 42.5 Å². The zero-order valence-corrected chi connectivity index (χ0v) is 20.1. The quantitative estimate of drug-likeness (QED) is 0.581. The molecule has 1 fully saturated rings. The van der Waals surface area contributed by atoms with Crippen molar-refractivity contribution in [3.63, 3.8) is 0 Å². The van der Waals surface area contributed by atoms with E-state index in [1.165, 1.54) is 6.92 Å². The fraction of sp³-hybridized carbons (Fsp3) is 0.440. The fourth-order valence-electron chi connectivity index (χ4n) is 4.49. The second-order valence-corrected chi connectivity index (χ2v) is 10.2. The summed E-state index contributed by atoms with van der Waals surface area (Å²) in [5.74, 6) is 0.828. The highest BCUT2D eigenvalue weighted by molar-refractivity contribution is 6.32. The summed E-state index contributed by atoms with van der Waals surface area (Å²) in [5.41, 5.74) is 1.31. The van der Waals surface area contributed by atoms with E-state index >= 15 is 0 Å². The highest BCUT2D eigenvalue weighted by Crippen LogP contribution is 2.32. The number of benzene rings is 2. The van der Waals surface area contributed by atoms with Crippen LogP contribution in [0.1, 0.15) is 63.4 Å². The van der Waals surface area contributed by atoms with E-state index in [0.717, 1.165) is 18.4 Å². The summed E-state index contributed by atoms with van der Waals surface area (Å²) < 4.78 is 5.91. The molecule has 1 saturated heterocycles. The molecule has 0 aliphatic carbocycles. The first-order valence-corrected chi connectivity index (χ1v) is 11.2. The van der Waals surface area contributed by atoms with Crippen molar-refractivity contribution in [1.82, 2.24) is 16.0 Å². The third-order valence-corrected chi connectivity index (χ3v) is 5.68. The van der Waals surface area contributed by atoms with E-state index in [9.17, 15) is 9.59 Å². The molecule has 172 valence electrons. The van der Waals surface area contributed by atoms with Crippen LogP contribution in [0.2, 0.25) is 5.02 Å². The Bertz CT molecular complexity index is 988. The standard InChI is InChI=1S/C25H32ClN3O3/c1-16(30)27-15-17-7-6-8-20(11-17)32-22-10-9-18(12-21(22)26)23(31)28-19-13-24(2,3)29-25(4,5)14-19/h6-12,19,29H,13-15H2,1-5H3,(H,27,30)(H,28,31). The van der Waals surface area contributed by atoms with E-state index in [2.05, 4.69) is 43.6 Å². The lowest BCUT2D eigenvalue weighted by Gasteiger charge is -2.46. The number of carbonyl (C=O) groups excluding carboxylic acids is 2. The molecule has 0 atom stereocenters. The van der Waals surface area contributed by atoms with Gasteiger partial charge in [0, 0.05) is 36.2 Å². The van der Waals surface area contributed by atoms with Crippen molar-refractivity contribution in [2.45, 2.75) is 71.1 Å². The highest BCUT2D eigenvalue weighted by atomic mass is 35.5. The average Bonchev–Trinajstić information content (AvgIpc) is 2.65. The molecular formula is C25H32ClN3O3. The lowest BCUT2D eigenvalue weighted by Crippen LogP contribution is -2.62. The van der Waals surface area contributed by atoms with E-state index in [1.807, 2.05) is 24.3 Å². The van der Waals surface area contributed by atoms with Gasteiger partial charge in [-0.1, -0.05) is 23.7 Å². The maximum atomic E-state index is 12.9. The SMILES string of the molecule is CC(=O)NCc1cccc(Oc2ccc(C(=O)NC3CC(C)(C)NC(C)(C)C3)cc2Cl)c1. The molecule has 6 nitrogen and oxygen atoms in total. The van der Waals surface area contributed by atoms with E-state index in [0.29, 0.717) is 28.6 Å². The zero-order valence-electron chi connectivity index (χ0n) is 19.3. The van der Waals surface area contributed by atoms with E-state index in [4.69, 9.17) is 16.3 Å². The maximum absolute atomic E-state index is 12.9. The molecular weight excluding hydrogens is 426 g/mol. The van der Waals surface area contributed by atoms with E-state index in [-0.39, 0.29) is 28.9 Å². The van der Waals surface area contributed by atoms with Gasteiger partial charge in [-0.3, -0.25) is 9.59 Å². The third kappa shape index (κ3) is 6.71. The van der Waals surface area contributed by atoms with Crippen LogP contribution in [-0.2, 0) is 11.3 Å². The first-order valence-electron chi connectivity index (χ1n) is 10.8. The van der Waals surface area contributed by atoms with Crippen LogP contribution >= 0.6 is 11.6 Å². The number of amides is 2. The second kappa shape index (κ2) is 9.51. The van der Waals surface area contributed by atoms with Gasteiger partial charge < -0.3 is 20.7 Å². The van der Waals surface area contributed by atoms with Gasteiger partial charge >= 0.3 is 0 Å². The Morgan fingerprint density at radius 2 is 1.78 bits per heavy atom. The summed E-state index contributed by atoms with van der Waals surface area (Å²) in [6.07, 6.45) is 1.71. The minimum atomic E-state index is -0.144. The van der Waals surface area contributed by atoms with Crippen molar-refractivity contribution in [1.29, 1.82) is 0 Å². The molecule has 0 bridgehead atoms. The Balaban J connectivity index is 1.67. The molecule has 32 heavy (non-hydrogen) atoms. The predicted molar refractivity (Wildman–Crippen MR) is 127 cm³/mol. The number of hydrogen-bond donors (Lipinski definition) is 3. The minimum absolute atomic E-state index is 0.0521. The number of piperidine rings is 1. The number of halogens is 1. The normalized spacial score (nSPS) is 17.4. The number of carbonyl (C=O) groups is 2. The van der Waals surface area contributed by atoms with Crippen LogP contribution in [0, 0.1) is 0 Å². The first-order chi connectivity index (χ1) is 14.9. The van der Waals surface area contributed by atoms with Gasteiger partial charge in [-0.2, -0.15) is 0 Å². The topological polar surface area (TPSA) is 79.5 Å². The monoisotopic (exact) mass is 457 g/mol. The average molecular weight is 458 g/mol. The summed E-state index contributed by atoms with van der Waals surface area (Å²) in [4.78, 5) is 24.0. The van der Waals surface area contributed by atoms with Crippen molar-refractivity contribution < 1.29 is 14.3 Å². The lowest BCUT2D eigenvalue weighted by molar-refractivity contribution is -0.119. The van der Waals surface area contributed by atoms with Gasteiger partial charge in [0.2, 0.25) is 5.91 Å². The van der Waals surface area contributed by atoms with Crippen LogP contribution in [-0.4, -0.2) is 28.9 Å². The molecule has 2 aromatic carbocycles. The summed E-state index contributed by atoms with van der Waals surface area (Å²) in [7, 11) is 0. The van der Waals surface area contributed by atoms with Gasteiger partial charge in [-0.15, -0.1) is 0 Å². The maximum Gasteiger partial charge on any atom is 0.251 e. The smallest absolute Gasteiger partial charge is 0.251 e. The first kappa shape index (κ1) is 24.1. The fourth-order valence-corrected chi connectivity index (χ4v) is 4.71. The van der Waals surface area contributed by atoms with Crippen molar-refractivity contribution in [2.75, 3.05) is 0 Å². The molecule has 0 unspecified atom stereocenters. The van der Waals surface area contributed by atoms with E-state index < -0.39 is 0 Å². The molecule has 1 aliphatic rings. The number of nitrogens with one attached hydrogen (secondary N) is 3. The second-order valence-electron chi connectivity index (χ2n) is 9.78. The van der Waals surface area contributed by atoms with Gasteiger partial charge in [0.1, 0.15) is 11.5 Å². The van der Waals surface area contributed by atoms with Crippen molar-refractivity contribution in [3.8, 4) is 11.5 Å². The summed E-state index contributed by atoms with van der Waals surface area (Å²) in [6, 6.07) is 12.5. The summed E-state index contributed by atoms with van der Waals surface area (Å²) >= 11 is 6.43. The molecule has 2 amide bonds. The molecule has 0 spiro atoms. The molecule has 7 heteroatoms. The van der Waals surface area contributed by atoms with Gasteiger partial charge in [0.05, 0.1) is 5.02 Å². The predicted octanol–water partition coefficient (Wildman–Crippen LogP) is 4.81. The Kier molecular flexibility index (Phi) is 7.16. The van der Waals surface area contributed by atoms with Crippen molar-refractivity contribution in [3.05, 3.63) is 58.6 Å².